The van der Waals surface area contributed by atoms with Crippen molar-refractivity contribution in [1.29, 1.82) is 0 Å². The van der Waals surface area contributed by atoms with Crippen LogP contribution < -0.4 is 0 Å². The number of aromatic hydroxyl groups is 1. The van der Waals surface area contributed by atoms with Crippen molar-refractivity contribution in [1.82, 2.24) is 4.98 Å². The van der Waals surface area contributed by atoms with E-state index in [0.29, 0.717) is 11.7 Å². The summed E-state index contributed by atoms with van der Waals surface area (Å²) < 4.78 is 0.907. The lowest BCUT2D eigenvalue weighted by molar-refractivity contribution is 0.468. The van der Waals surface area contributed by atoms with E-state index in [2.05, 4.69) is 51.9 Å². The summed E-state index contributed by atoms with van der Waals surface area (Å²) >= 11 is 4.84. The molecule has 0 aliphatic rings. The van der Waals surface area contributed by atoms with Crippen molar-refractivity contribution in [3.05, 3.63) is 39.3 Å². The monoisotopic (exact) mass is 353 g/mol. The van der Waals surface area contributed by atoms with Crippen LogP contribution >= 0.6 is 27.3 Å². The minimum absolute atomic E-state index is 0.0207. The number of thiazole rings is 1. The zero-order valence-corrected chi connectivity index (χ0v) is 14.0. The standard InChI is InChI=1S/C14H16BrN3OS/c1-14(2,3)12-8-20-13(17-12)18-16-7-9-6-10(15)4-5-11(9)19/h4-6,8,19H,7H2,1-3H3. The fourth-order valence-electron chi connectivity index (χ4n) is 1.51. The van der Waals surface area contributed by atoms with Gasteiger partial charge in [0.1, 0.15) is 5.75 Å². The molecule has 1 heterocycles. The van der Waals surface area contributed by atoms with Crippen molar-refractivity contribution in [3.63, 3.8) is 0 Å². The van der Waals surface area contributed by atoms with Gasteiger partial charge in [-0.25, -0.2) is 4.98 Å². The third kappa shape index (κ3) is 3.86. The highest BCUT2D eigenvalue weighted by Crippen LogP contribution is 2.28. The molecule has 106 valence electrons. The van der Waals surface area contributed by atoms with Gasteiger partial charge < -0.3 is 5.11 Å². The average molecular weight is 354 g/mol. The van der Waals surface area contributed by atoms with Crippen molar-refractivity contribution in [2.24, 2.45) is 10.2 Å². The molecule has 1 aromatic carbocycles. The van der Waals surface area contributed by atoms with Gasteiger partial charge in [0.15, 0.2) is 0 Å². The maximum atomic E-state index is 9.71. The van der Waals surface area contributed by atoms with Crippen LogP contribution in [0.2, 0.25) is 0 Å². The molecule has 6 heteroatoms. The summed E-state index contributed by atoms with van der Waals surface area (Å²) in [6.07, 6.45) is 0. The summed E-state index contributed by atoms with van der Waals surface area (Å²) in [5.41, 5.74) is 1.77. The number of rotatable bonds is 3. The average Bonchev–Trinajstić information content (AvgIpc) is 2.82. The molecule has 0 saturated carbocycles. The van der Waals surface area contributed by atoms with E-state index in [0.717, 1.165) is 15.7 Å². The Kier molecular flexibility index (Phi) is 4.55. The third-order valence-electron chi connectivity index (χ3n) is 2.70. The van der Waals surface area contributed by atoms with Gasteiger partial charge in [0, 0.05) is 20.8 Å². The van der Waals surface area contributed by atoms with E-state index in [-0.39, 0.29) is 11.2 Å². The molecule has 0 aliphatic heterocycles. The molecular formula is C14H16BrN3OS. The summed E-state index contributed by atoms with van der Waals surface area (Å²) in [7, 11) is 0. The number of phenolic OH excluding ortho intramolecular Hbond substituents is 1. The van der Waals surface area contributed by atoms with Crippen molar-refractivity contribution in [2.45, 2.75) is 32.7 Å². The second-order valence-electron chi connectivity index (χ2n) is 5.44. The highest BCUT2D eigenvalue weighted by molar-refractivity contribution is 9.10. The van der Waals surface area contributed by atoms with Gasteiger partial charge in [0.2, 0.25) is 5.13 Å². The quantitative estimate of drug-likeness (QED) is 0.771. The Morgan fingerprint density at radius 1 is 1.35 bits per heavy atom. The van der Waals surface area contributed by atoms with Crippen LogP contribution in [0.3, 0.4) is 0 Å². The van der Waals surface area contributed by atoms with Gasteiger partial charge in [-0.15, -0.1) is 16.5 Å². The van der Waals surface area contributed by atoms with E-state index in [1.54, 1.807) is 12.1 Å². The molecule has 2 rings (SSSR count). The summed E-state index contributed by atoms with van der Waals surface area (Å²) in [5.74, 6) is 0.224. The molecule has 1 aromatic heterocycles. The van der Waals surface area contributed by atoms with Crippen molar-refractivity contribution in [2.75, 3.05) is 0 Å². The van der Waals surface area contributed by atoms with Crippen LogP contribution in [0.5, 0.6) is 5.75 Å². The van der Waals surface area contributed by atoms with Crippen molar-refractivity contribution < 1.29 is 5.11 Å². The second-order valence-corrected chi connectivity index (χ2v) is 7.19. The molecule has 0 bridgehead atoms. The molecule has 1 N–H and O–H groups in total. The number of azo groups is 1. The fraction of sp³-hybridized carbons (Fsp3) is 0.357. The van der Waals surface area contributed by atoms with Crippen LogP contribution in [0, 0.1) is 0 Å². The van der Waals surface area contributed by atoms with E-state index in [4.69, 9.17) is 0 Å². The maximum absolute atomic E-state index is 9.71. The summed E-state index contributed by atoms with van der Waals surface area (Å²) in [6.45, 7) is 6.67. The molecule has 0 aliphatic carbocycles. The van der Waals surface area contributed by atoms with Crippen molar-refractivity contribution >= 4 is 32.4 Å². The minimum atomic E-state index is 0.0207. The molecule has 0 saturated heterocycles. The Morgan fingerprint density at radius 3 is 2.75 bits per heavy atom. The lowest BCUT2D eigenvalue weighted by atomic mass is 9.93. The molecule has 0 spiro atoms. The van der Waals surface area contributed by atoms with Gasteiger partial charge in [0.05, 0.1) is 12.2 Å². The Bertz CT molecular complexity index is 632. The molecule has 4 nitrogen and oxygen atoms in total. The molecule has 20 heavy (non-hydrogen) atoms. The molecule has 2 aromatic rings. The zero-order chi connectivity index (χ0) is 14.8. The second kappa shape index (κ2) is 6.01. The van der Waals surface area contributed by atoms with Gasteiger partial charge >= 0.3 is 0 Å². The Morgan fingerprint density at radius 2 is 2.10 bits per heavy atom. The molecule has 0 fully saturated rings. The zero-order valence-electron chi connectivity index (χ0n) is 11.6. The van der Waals surface area contributed by atoms with Gasteiger partial charge in [-0.05, 0) is 18.2 Å². The third-order valence-corrected chi connectivity index (χ3v) is 3.92. The smallest absolute Gasteiger partial charge is 0.229 e. The summed E-state index contributed by atoms with van der Waals surface area (Å²) in [4.78, 5) is 4.44. The molecular weight excluding hydrogens is 338 g/mol. The van der Waals surface area contributed by atoms with Crippen LogP contribution in [-0.4, -0.2) is 10.1 Å². The van der Waals surface area contributed by atoms with Crippen LogP contribution in [-0.2, 0) is 12.0 Å². The molecule has 0 atom stereocenters. The van der Waals surface area contributed by atoms with Gasteiger partial charge in [0.25, 0.3) is 0 Å². The lowest BCUT2D eigenvalue weighted by Gasteiger charge is -2.13. The molecule has 0 amide bonds. The number of halogens is 1. The normalized spacial score (nSPS) is 12.2. The largest absolute Gasteiger partial charge is 0.508 e. The fourth-order valence-corrected chi connectivity index (χ4v) is 2.80. The Labute approximate surface area is 130 Å². The number of hydrogen-bond acceptors (Lipinski definition) is 5. The van der Waals surface area contributed by atoms with Gasteiger partial charge in [-0.3, -0.25) is 0 Å². The summed E-state index contributed by atoms with van der Waals surface area (Å²) in [5, 5.41) is 20.6. The van der Waals surface area contributed by atoms with Gasteiger partial charge in [-0.2, -0.15) is 5.11 Å². The number of benzene rings is 1. The Hall–Kier alpha value is -1.27. The molecule has 0 unspecified atom stereocenters. The minimum Gasteiger partial charge on any atom is -0.508 e. The SMILES string of the molecule is CC(C)(C)c1csc(N=NCc2cc(Br)ccc2O)n1. The number of aromatic nitrogens is 1. The number of phenols is 1. The summed E-state index contributed by atoms with van der Waals surface area (Å²) in [6, 6.07) is 5.25. The first-order valence-electron chi connectivity index (χ1n) is 6.17. The van der Waals surface area contributed by atoms with E-state index in [1.807, 2.05) is 11.4 Å². The Balaban J connectivity index is 2.07. The number of hydrogen-bond donors (Lipinski definition) is 1. The van der Waals surface area contributed by atoms with Crippen molar-refractivity contribution in [3.8, 4) is 5.75 Å². The van der Waals surface area contributed by atoms with E-state index in [9.17, 15) is 5.11 Å². The first kappa shape index (κ1) is 15.1. The number of nitrogens with zero attached hydrogens (tertiary/aromatic N) is 3. The topological polar surface area (TPSA) is 57.8 Å². The van der Waals surface area contributed by atoms with Crippen LogP contribution in [0.1, 0.15) is 32.0 Å². The first-order valence-corrected chi connectivity index (χ1v) is 7.84. The molecule has 0 radical (unpaired) electrons. The van der Waals surface area contributed by atoms with Crippen LogP contribution in [0.25, 0.3) is 0 Å². The lowest BCUT2D eigenvalue weighted by Crippen LogP contribution is -2.10. The highest BCUT2D eigenvalue weighted by Gasteiger charge is 2.17. The van der Waals surface area contributed by atoms with E-state index >= 15 is 0 Å². The predicted octanol–water partition coefficient (Wildman–Crippen LogP) is 5.19. The van der Waals surface area contributed by atoms with E-state index < -0.39 is 0 Å². The first-order chi connectivity index (χ1) is 9.36. The van der Waals surface area contributed by atoms with Gasteiger partial charge in [-0.1, -0.05) is 36.7 Å². The van der Waals surface area contributed by atoms with E-state index in [1.165, 1.54) is 11.3 Å². The van der Waals surface area contributed by atoms with Crippen LogP contribution in [0.4, 0.5) is 5.13 Å². The maximum Gasteiger partial charge on any atom is 0.229 e. The highest BCUT2D eigenvalue weighted by atomic mass is 79.9. The predicted molar refractivity (Wildman–Crippen MR) is 84.8 cm³/mol. The van der Waals surface area contributed by atoms with Crippen LogP contribution in [0.15, 0.2) is 38.3 Å².